The van der Waals surface area contributed by atoms with Gasteiger partial charge in [0.15, 0.2) is 0 Å². The Bertz CT molecular complexity index is 328. The molecule has 1 aliphatic rings. The van der Waals surface area contributed by atoms with Crippen LogP contribution in [-0.2, 0) is 6.42 Å². The molecule has 0 bridgehead atoms. The van der Waals surface area contributed by atoms with Crippen molar-refractivity contribution < 1.29 is 5.11 Å². The predicted molar refractivity (Wildman–Crippen MR) is 67.1 cm³/mol. The SMILES string of the molecule is OC(Cc1cncc(Br)c1)C1CCSC1. The van der Waals surface area contributed by atoms with Gasteiger partial charge in [0.25, 0.3) is 0 Å². The zero-order valence-corrected chi connectivity index (χ0v) is 10.8. The van der Waals surface area contributed by atoms with Crippen LogP contribution in [0, 0.1) is 5.92 Å². The highest BCUT2D eigenvalue weighted by Crippen LogP contribution is 2.27. The van der Waals surface area contributed by atoms with E-state index in [4.69, 9.17) is 0 Å². The van der Waals surface area contributed by atoms with Crippen LogP contribution in [0.1, 0.15) is 12.0 Å². The lowest BCUT2D eigenvalue weighted by atomic mass is 9.96. The molecule has 15 heavy (non-hydrogen) atoms. The van der Waals surface area contributed by atoms with Crippen molar-refractivity contribution >= 4 is 27.7 Å². The van der Waals surface area contributed by atoms with Crippen LogP contribution in [0.3, 0.4) is 0 Å². The van der Waals surface area contributed by atoms with Crippen molar-refractivity contribution in [3.8, 4) is 0 Å². The molecule has 0 radical (unpaired) electrons. The summed E-state index contributed by atoms with van der Waals surface area (Å²) in [6, 6.07) is 2.03. The van der Waals surface area contributed by atoms with Gasteiger partial charge in [-0.1, -0.05) is 0 Å². The molecular formula is C11H14BrNOS. The van der Waals surface area contributed by atoms with Gasteiger partial charge in [-0.15, -0.1) is 0 Å². The number of aromatic nitrogens is 1. The highest BCUT2D eigenvalue weighted by Gasteiger charge is 2.23. The maximum absolute atomic E-state index is 10.0. The quantitative estimate of drug-likeness (QED) is 0.927. The summed E-state index contributed by atoms with van der Waals surface area (Å²) in [6.07, 6.45) is 5.25. The smallest absolute Gasteiger partial charge is 0.0617 e. The largest absolute Gasteiger partial charge is 0.392 e. The molecule has 1 aliphatic heterocycles. The van der Waals surface area contributed by atoms with Crippen LogP contribution in [0.2, 0.25) is 0 Å². The summed E-state index contributed by atoms with van der Waals surface area (Å²) >= 11 is 5.33. The minimum atomic E-state index is -0.212. The molecule has 2 unspecified atom stereocenters. The molecule has 2 rings (SSSR count). The van der Waals surface area contributed by atoms with E-state index in [1.165, 1.54) is 5.75 Å². The van der Waals surface area contributed by atoms with E-state index in [0.29, 0.717) is 5.92 Å². The Kier molecular flexibility index (Phi) is 4.05. The Morgan fingerprint density at radius 2 is 2.47 bits per heavy atom. The number of hydrogen-bond acceptors (Lipinski definition) is 3. The number of rotatable bonds is 3. The molecule has 1 saturated heterocycles. The van der Waals surface area contributed by atoms with Crippen molar-refractivity contribution in [2.75, 3.05) is 11.5 Å². The van der Waals surface area contributed by atoms with Crippen LogP contribution in [0.5, 0.6) is 0 Å². The fraction of sp³-hybridized carbons (Fsp3) is 0.545. The molecule has 0 aliphatic carbocycles. The highest BCUT2D eigenvalue weighted by atomic mass is 79.9. The second kappa shape index (κ2) is 5.32. The van der Waals surface area contributed by atoms with E-state index in [-0.39, 0.29) is 6.10 Å². The summed E-state index contributed by atoms with van der Waals surface area (Å²) in [5, 5.41) is 10.0. The first-order valence-electron chi connectivity index (χ1n) is 5.11. The van der Waals surface area contributed by atoms with Gasteiger partial charge >= 0.3 is 0 Å². The molecule has 2 atom stereocenters. The van der Waals surface area contributed by atoms with Crippen molar-refractivity contribution in [2.45, 2.75) is 18.9 Å². The van der Waals surface area contributed by atoms with E-state index in [1.807, 2.05) is 24.0 Å². The van der Waals surface area contributed by atoms with Gasteiger partial charge in [-0.2, -0.15) is 11.8 Å². The number of nitrogens with zero attached hydrogens (tertiary/aromatic N) is 1. The summed E-state index contributed by atoms with van der Waals surface area (Å²) in [5.74, 6) is 2.76. The van der Waals surface area contributed by atoms with Crippen molar-refractivity contribution in [1.29, 1.82) is 0 Å². The van der Waals surface area contributed by atoms with Crippen LogP contribution in [0.25, 0.3) is 0 Å². The van der Waals surface area contributed by atoms with Crippen molar-refractivity contribution in [2.24, 2.45) is 5.92 Å². The van der Waals surface area contributed by atoms with Gasteiger partial charge in [0.05, 0.1) is 6.10 Å². The molecule has 82 valence electrons. The maximum Gasteiger partial charge on any atom is 0.0617 e. The summed E-state index contributed by atoms with van der Waals surface area (Å²) in [7, 11) is 0. The second-order valence-corrected chi connectivity index (χ2v) is 5.97. The van der Waals surface area contributed by atoms with E-state index < -0.39 is 0 Å². The van der Waals surface area contributed by atoms with Gasteiger partial charge in [0.1, 0.15) is 0 Å². The lowest BCUT2D eigenvalue weighted by Gasteiger charge is -2.16. The van der Waals surface area contributed by atoms with E-state index >= 15 is 0 Å². The minimum absolute atomic E-state index is 0.212. The van der Waals surface area contributed by atoms with Crippen molar-refractivity contribution in [3.63, 3.8) is 0 Å². The van der Waals surface area contributed by atoms with E-state index in [1.54, 1.807) is 6.20 Å². The molecule has 2 heterocycles. The van der Waals surface area contributed by atoms with Crippen LogP contribution in [0.4, 0.5) is 0 Å². The van der Waals surface area contributed by atoms with E-state index in [0.717, 1.165) is 28.6 Å². The molecular weight excluding hydrogens is 274 g/mol. The predicted octanol–water partition coefficient (Wildman–Crippen LogP) is 2.50. The van der Waals surface area contributed by atoms with Gasteiger partial charge in [-0.25, -0.2) is 0 Å². The second-order valence-electron chi connectivity index (χ2n) is 3.91. The van der Waals surface area contributed by atoms with Gasteiger partial charge < -0.3 is 5.11 Å². The van der Waals surface area contributed by atoms with Crippen molar-refractivity contribution in [3.05, 3.63) is 28.5 Å². The fourth-order valence-corrected chi connectivity index (χ4v) is 3.57. The highest BCUT2D eigenvalue weighted by molar-refractivity contribution is 9.10. The van der Waals surface area contributed by atoms with E-state index in [9.17, 15) is 5.11 Å². The average molecular weight is 288 g/mol. The van der Waals surface area contributed by atoms with Crippen molar-refractivity contribution in [1.82, 2.24) is 4.98 Å². The summed E-state index contributed by atoms with van der Waals surface area (Å²) in [5.41, 5.74) is 1.11. The zero-order valence-electron chi connectivity index (χ0n) is 8.40. The molecule has 0 amide bonds. The molecule has 1 aromatic rings. The number of thioether (sulfide) groups is 1. The van der Waals surface area contributed by atoms with Crippen LogP contribution >= 0.6 is 27.7 Å². The Balaban J connectivity index is 1.95. The van der Waals surface area contributed by atoms with Gasteiger partial charge in [-0.3, -0.25) is 4.98 Å². The number of pyridine rings is 1. The third-order valence-corrected chi connectivity index (χ3v) is 4.34. The van der Waals surface area contributed by atoms with Gasteiger partial charge in [-0.05, 0) is 51.4 Å². The maximum atomic E-state index is 10.0. The summed E-state index contributed by atoms with van der Waals surface area (Å²) < 4.78 is 0.980. The third kappa shape index (κ3) is 3.20. The van der Waals surface area contributed by atoms with Crippen LogP contribution in [0.15, 0.2) is 22.9 Å². The zero-order chi connectivity index (χ0) is 10.7. The molecule has 0 saturated carbocycles. The molecule has 0 spiro atoms. The first-order chi connectivity index (χ1) is 7.25. The molecule has 4 heteroatoms. The minimum Gasteiger partial charge on any atom is -0.392 e. The Labute approximate surface area is 103 Å². The first kappa shape index (κ1) is 11.4. The molecule has 1 aromatic heterocycles. The fourth-order valence-electron chi connectivity index (χ4n) is 1.83. The molecule has 0 aromatic carbocycles. The average Bonchev–Trinajstić information content (AvgIpc) is 2.70. The first-order valence-corrected chi connectivity index (χ1v) is 7.05. The monoisotopic (exact) mass is 287 g/mol. The van der Waals surface area contributed by atoms with Crippen LogP contribution in [-0.4, -0.2) is 27.7 Å². The van der Waals surface area contributed by atoms with Gasteiger partial charge in [0.2, 0.25) is 0 Å². The number of hydrogen-bond donors (Lipinski definition) is 1. The molecule has 1 fully saturated rings. The lowest BCUT2D eigenvalue weighted by Crippen LogP contribution is -2.22. The van der Waals surface area contributed by atoms with E-state index in [2.05, 4.69) is 20.9 Å². The molecule has 1 N–H and O–H groups in total. The topological polar surface area (TPSA) is 33.1 Å². The third-order valence-electron chi connectivity index (χ3n) is 2.72. The normalized spacial score (nSPS) is 22.9. The van der Waals surface area contributed by atoms with Gasteiger partial charge in [0, 0.05) is 23.3 Å². The number of halogens is 1. The number of aliphatic hydroxyl groups excluding tert-OH is 1. The number of aliphatic hydroxyl groups is 1. The summed E-state index contributed by atoms with van der Waals surface area (Å²) in [6.45, 7) is 0. The lowest BCUT2D eigenvalue weighted by molar-refractivity contribution is 0.120. The Hall–Kier alpha value is -0.0600. The Morgan fingerprint density at radius 3 is 3.13 bits per heavy atom. The standard InChI is InChI=1S/C11H14BrNOS/c12-10-3-8(5-13-6-10)4-11(14)9-1-2-15-7-9/h3,5-6,9,11,14H,1-2,4,7H2. The van der Waals surface area contributed by atoms with Crippen LogP contribution < -0.4 is 0 Å². The summed E-state index contributed by atoms with van der Waals surface area (Å²) in [4.78, 5) is 4.10. The molecule has 2 nitrogen and oxygen atoms in total. The Morgan fingerprint density at radius 1 is 1.60 bits per heavy atom.